The highest BCUT2D eigenvalue weighted by molar-refractivity contribution is 5.80. The van der Waals surface area contributed by atoms with Gasteiger partial charge in [-0.25, -0.2) is 0 Å². The van der Waals surface area contributed by atoms with E-state index in [1.165, 1.54) is 0 Å². The summed E-state index contributed by atoms with van der Waals surface area (Å²) in [5.74, 6) is 0. The van der Waals surface area contributed by atoms with Crippen LogP contribution in [-0.4, -0.2) is 6.21 Å². The minimum atomic E-state index is 0.909. The Morgan fingerprint density at radius 3 is 3.38 bits per heavy atom. The SMILES string of the molecule is [CH2]C1=CC=CNN=C1. The van der Waals surface area contributed by atoms with E-state index in [0.717, 1.165) is 5.57 Å². The van der Waals surface area contributed by atoms with Crippen LogP contribution in [0.3, 0.4) is 0 Å². The van der Waals surface area contributed by atoms with Crippen molar-refractivity contribution in [2.45, 2.75) is 0 Å². The van der Waals surface area contributed by atoms with Crippen molar-refractivity contribution in [1.82, 2.24) is 5.43 Å². The van der Waals surface area contributed by atoms with Gasteiger partial charge in [-0.3, -0.25) is 5.43 Å². The lowest BCUT2D eigenvalue weighted by molar-refractivity contribution is 0.979. The predicted molar refractivity (Wildman–Crippen MR) is 34.2 cm³/mol. The van der Waals surface area contributed by atoms with Crippen LogP contribution in [0.2, 0.25) is 0 Å². The van der Waals surface area contributed by atoms with E-state index >= 15 is 0 Å². The lowest BCUT2D eigenvalue weighted by atomic mass is 10.3. The van der Waals surface area contributed by atoms with Crippen molar-refractivity contribution in [3.8, 4) is 0 Å². The maximum atomic E-state index is 3.76. The third-order valence-corrected chi connectivity index (χ3v) is 0.786. The van der Waals surface area contributed by atoms with Crippen LogP contribution in [0.5, 0.6) is 0 Å². The van der Waals surface area contributed by atoms with Gasteiger partial charge >= 0.3 is 0 Å². The minimum absolute atomic E-state index is 0.909. The van der Waals surface area contributed by atoms with Crippen molar-refractivity contribution in [1.29, 1.82) is 0 Å². The topological polar surface area (TPSA) is 24.4 Å². The van der Waals surface area contributed by atoms with Crippen LogP contribution in [0.4, 0.5) is 0 Å². The molecule has 0 saturated carbocycles. The van der Waals surface area contributed by atoms with E-state index in [-0.39, 0.29) is 0 Å². The Balaban J connectivity index is 2.73. The van der Waals surface area contributed by atoms with E-state index in [4.69, 9.17) is 0 Å². The fraction of sp³-hybridized carbons (Fsp3) is 0. The molecule has 1 heterocycles. The number of hydrogen-bond donors (Lipinski definition) is 1. The molecule has 0 atom stereocenters. The molecule has 0 fully saturated rings. The molecule has 0 aromatic carbocycles. The standard InChI is InChI=1S/C6H7N2/c1-6-3-2-4-7-8-5-6/h2-5,7H,1H2. The molecule has 0 amide bonds. The Labute approximate surface area is 48.6 Å². The van der Waals surface area contributed by atoms with Crippen LogP contribution in [0.25, 0.3) is 0 Å². The summed E-state index contributed by atoms with van der Waals surface area (Å²) in [5.41, 5.74) is 3.58. The number of nitrogens with zero attached hydrogens (tertiary/aromatic N) is 1. The van der Waals surface area contributed by atoms with Crippen molar-refractivity contribution in [2.75, 3.05) is 0 Å². The van der Waals surface area contributed by atoms with Crippen LogP contribution in [0.1, 0.15) is 0 Å². The van der Waals surface area contributed by atoms with Gasteiger partial charge in [0.25, 0.3) is 0 Å². The summed E-state index contributed by atoms with van der Waals surface area (Å²) in [5, 5.41) is 3.76. The molecule has 2 nitrogen and oxygen atoms in total. The number of hydrogen-bond acceptors (Lipinski definition) is 2. The van der Waals surface area contributed by atoms with Crippen LogP contribution < -0.4 is 5.43 Å². The lowest BCUT2D eigenvalue weighted by Crippen LogP contribution is -1.90. The Morgan fingerprint density at radius 1 is 1.62 bits per heavy atom. The molecule has 1 aliphatic heterocycles. The molecule has 1 radical (unpaired) electrons. The van der Waals surface area contributed by atoms with Gasteiger partial charge in [-0.15, -0.1) is 0 Å². The van der Waals surface area contributed by atoms with E-state index < -0.39 is 0 Å². The highest BCUT2D eigenvalue weighted by Crippen LogP contribution is 1.89. The zero-order chi connectivity index (χ0) is 5.82. The fourth-order valence-corrected chi connectivity index (χ4v) is 0.421. The van der Waals surface area contributed by atoms with E-state index in [1.807, 2.05) is 12.2 Å². The number of rotatable bonds is 0. The monoisotopic (exact) mass is 107 g/mol. The summed E-state index contributed by atoms with van der Waals surface area (Å²) in [6, 6.07) is 0. The molecule has 0 aromatic heterocycles. The summed E-state index contributed by atoms with van der Waals surface area (Å²) in [6.07, 6.45) is 7.15. The molecule has 1 N–H and O–H groups in total. The summed E-state index contributed by atoms with van der Waals surface area (Å²) in [7, 11) is 0. The number of hydrazone groups is 1. The van der Waals surface area contributed by atoms with Gasteiger partial charge in [0.05, 0.1) is 6.21 Å². The fourth-order valence-electron chi connectivity index (χ4n) is 0.421. The Hall–Kier alpha value is -1.05. The second kappa shape index (κ2) is 2.31. The number of allylic oxidation sites excluding steroid dienone is 3. The van der Waals surface area contributed by atoms with Gasteiger partial charge in [-0.1, -0.05) is 6.08 Å². The maximum Gasteiger partial charge on any atom is 0.0504 e. The highest BCUT2D eigenvalue weighted by atomic mass is 15.3. The molecular weight excluding hydrogens is 100 g/mol. The van der Waals surface area contributed by atoms with Crippen LogP contribution in [-0.2, 0) is 0 Å². The average Bonchev–Trinajstić information content (AvgIpc) is 1.94. The Kier molecular flexibility index (Phi) is 1.47. The van der Waals surface area contributed by atoms with Crippen LogP contribution >= 0.6 is 0 Å². The molecule has 41 valence electrons. The van der Waals surface area contributed by atoms with E-state index in [9.17, 15) is 0 Å². The Morgan fingerprint density at radius 2 is 2.50 bits per heavy atom. The third-order valence-electron chi connectivity index (χ3n) is 0.786. The zero-order valence-electron chi connectivity index (χ0n) is 4.46. The van der Waals surface area contributed by atoms with Gasteiger partial charge in [0.2, 0.25) is 0 Å². The van der Waals surface area contributed by atoms with Crippen molar-refractivity contribution in [3.63, 3.8) is 0 Å². The van der Waals surface area contributed by atoms with Gasteiger partial charge < -0.3 is 0 Å². The molecule has 0 aliphatic carbocycles. The molecule has 1 aliphatic rings. The minimum Gasteiger partial charge on any atom is -0.286 e. The van der Waals surface area contributed by atoms with Gasteiger partial charge in [-0.05, 0) is 18.6 Å². The molecule has 8 heavy (non-hydrogen) atoms. The molecular formula is C6H7N2. The quantitative estimate of drug-likeness (QED) is 0.487. The zero-order valence-corrected chi connectivity index (χ0v) is 4.46. The smallest absolute Gasteiger partial charge is 0.0504 e. The van der Waals surface area contributed by atoms with Crippen molar-refractivity contribution in [2.24, 2.45) is 5.10 Å². The lowest BCUT2D eigenvalue weighted by Gasteiger charge is -1.82. The van der Waals surface area contributed by atoms with E-state index in [0.29, 0.717) is 0 Å². The van der Waals surface area contributed by atoms with Gasteiger partial charge in [0, 0.05) is 6.20 Å². The van der Waals surface area contributed by atoms with Crippen LogP contribution in [0, 0.1) is 6.92 Å². The van der Waals surface area contributed by atoms with Gasteiger partial charge in [0.15, 0.2) is 0 Å². The molecule has 0 bridgehead atoms. The molecule has 0 saturated heterocycles. The molecule has 0 unspecified atom stereocenters. The first-order chi connectivity index (χ1) is 3.89. The average molecular weight is 107 g/mol. The largest absolute Gasteiger partial charge is 0.286 e. The summed E-state index contributed by atoms with van der Waals surface area (Å²) in [4.78, 5) is 0. The predicted octanol–water partition coefficient (Wildman–Crippen LogP) is 0.850. The van der Waals surface area contributed by atoms with Gasteiger partial charge in [0.1, 0.15) is 0 Å². The van der Waals surface area contributed by atoms with Crippen molar-refractivity contribution >= 4 is 6.21 Å². The first-order valence-corrected chi connectivity index (χ1v) is 2.37. The maximum absolute atomic E-state index is 3.76. The van der Waals surface area contributed by atoms with Crippen molar-refractivity contribution < 1.29 is 0 Å². The highest BCUT2D eigenvalue weighted by Gasteiger charge is 1.80. The normalized spacial score (nSPS) is 16.9. The summed E-state index contributed by atoms with van der Waals surface area (Å²) in [6.45, 7) is 3.68. The van der Waals surface area contributed by atoms with E-state index in [1.54, 1.807) is 12.4 Å². The molecule has 0 aromatic rings. The first-order valence-electron chi connectivity index (χ1n) is 2.37. The van der Waals surface area contributed by atoms with Gasteiger partial charge in [-0.2, -0.15) is 5.10 Å². The summed E-state index contributed by atoms with van der Waals surface area (Å²) >= 11 is 0. The second-order valence-electron chi connectivity index (χ2n) is 1.49. The van der Waals surface area contributed by atoms with E-state index in [2.05, 4.69) is 17.5 Å². The van der Waals surface area contributed by atoms with Crippen molar-refractivity contribution in [3.05, 3.63) is 30.8 Å². The first kappa shape index (κ1) is 5.09. The Bertz CT molecular complexity index is 154. The molecule has 2 heteroatoms. The number of nitrogens with one attached hydrogen (secondary N) is 1. The summed E-state index contributed by atoms with van der Waals surface area (Å²) < 4.78 is 0. The third kappa shape index (κ3) is 1.22. The van der Waals surface area contributed by atoms with Crippen LogP contribution in [0.15, 0.2) is 29.0 Å². The molecule has 1 rings (SSSR count). The molecule has 0 spiro atoms. The second-order valence-corrected chi connectivity index (χ2v) is 1.49.